The van der Waals surface area contributed by atoms with Crippen molar-refractivity contribution in [3.05, 3.63) is 54.5 Å². The molecule has 1 saturated carbocycles. The lowest BCUT2D eigenvalue weighted by Gasteiger charge is -2.34. The first-order valence-electron chi connectivity index (χ1n) is 13.4. The molecule has 3 aromatic heterocycles. The number of piperazine rings is 1. The van der Waals surface area contributed by atoms with Gasteiger partial charge in [0.1, 0.15) is 5.75 Å². The molecule has 6 rings (SSSR count). The molecule has 1 aromatic carbocycles. The number of likely N-dealkylation sites (N-methyl/N-ethyl adjacent to an activating group) is 1. The van der Waals surface area contributed by atoms with Gasteiger partial charge in [-0.2, -0.15) is 9.97 Å². The van der Waals surface area contributed by atoms with Crippen LogP contribution in [0.5, 0.6) is 5.75 Å². The van der Waals surface area contributed by atoms with Crippen LogP contribution < -0.4 is 10.2 Å². The van der Waals surface area contributed by atoms with E-state index in [0.29, 0.717) is 12.6 Å². The normalized spacial score (nSPS) is 17.1. The van der Waals surface area contributed by atoms with Crippen molar-refractivity contribution >= 4 is 22.9 Å². The number of pyridine rings is 1. The third kappa shape index (κ3) is 4.83. The minimum atomic E-state index is 0.231. The lowest BCUT2D eigenvalue weighted by Crippen LogP contribution is -2.46. The standard InChI is InChI=1S/C28H34N8O/c1-2-34-13-15-35(16-14-34)28-32-26(25-27(33-28)36(19-31-25)21-7-3-4-8-21)30-18-20-11-12-23(29-17-20)22-9-5-6-10-24(22)37/h5-6,9-12,17,19,21,37H,2-4,7-8,13-16,18H2,1H3,(H,30,32,33). The number of aromatic nitrogens is 5. The Labute approximate surface area is 217 Å². The Hall–Kier alpha value is -3.72. The number of hydrogen-bond acceptors (Lipinski definition) is 8. The molecule has 37 heavy (non-hydrogen) atoms. The summed E-state index contributed by atoms with van der Waals surface area (Å²) in [6, 6.07) is 11.7. The van der Waals surface area contributed by atoms with Gasteiger partial charge in [-0.25, -0.2) is 4.98 Å². The van der Waals surface area contributed by atoms with Gasteiger partial charge in [0.15, 0.2) is 17.0 Å². The summed E-state index contributed by atoms with van der Waals surface area (Å²) in [5.74, 6) is 1.77. The topological polar surface area (TPSA) is 95.2 Å². The third-order valence-corrected chi connectivity index (χ3v) is 7.69. The van der Waals surface area contributed by atoms with E-state index < -0.39 is 0 Å². The molecule has 2 aliphatic rings. The fraction of sp³-hybridized carbons (Fsp3) is 0.429. The van der Waals surface area contributed by atoms with Gasteiger partial charge in [-0.05, 0) is 43.1 Å². The molecule has 0 bridgehead atoms. The zero-order valence-electron chi connectivity index (χ0n) is 21.3. The van der Waals surface area contributed by atoms with Crippen LogP contribution in [-0.4, -0.2) is 67.2 Å². The predicted molar refractivity (Wildman–Crippen MR) is 146 cm³/mol. The van der Waals surface area contributed by atoms with Gasteiger partial charge in [0.05, 0.1) is 12.0 Å². The van der Waals surface area contributed by atoms with Crippen LogP contribution in [0.1, 0.15) is 44.2 Å². The summed E-state index contributed by atoms with van der Waals surface area (Å²) in [7, 11) is 0. The number of para-hydroxylation sites is 1. The smallest absolute Gasteiger partial charge is 0.229 e. The van der Waals surface area contributed by atoms with Crippen LogP contribution in [0, 0.1) is 0 Å². The van der Waals surface area contributed by atoms with Crippen molar-refractivity contribution in [1.82, 2.24) is 29.4 Å². The molecule has 2 fully saturated rings. The van der Waals surface area contributed by atoms with Crippen molar-refractivity contribution in [3.8, 4) is 17.0 Å². The molecule has 0 unspecified atom stereocenters. The molecule has 0 amide bonds. The molecule has 0 radical (unpaired) electrons. The second kappa shape index (κ2) is 10.3. The Morgan fingerprint density at radius 2 is 1.78 bits per heavy atom. The summed E-state index contributed by atoms with van der Waals surface area (Å²) in [5.41, 5.74) is 4.24. The summed E-state index contributed by atoms with van der Waals surface area (Å²) in [5, 5.41) is 13.7. The molecule has 0 atom stereocenters. The molecule has 9 heteroatoms. The largest absolute Gasteiger partial charge is 0.507 e. The van der Waals surface area contributed by atoms with Gasteiger partial charge in [0, 0.05) is 50.5 Å². The number of rotatable bonds is 7. The Bertz CT molecular complexity index is 1350. The van der Waals surface area contributed by atoms with Crippen LogP contribution in [-0.2, 0) is 6.54 Å². The Morgan fingerprint density at radius 1 is 0.973 bits per heavy atom. The third-order valence-electron chi connectivity index (χ3n) is 7.69. The highest BCUT2D eigenvalue weighted by Crippen LogP contribution is 2.33. The molecule has 1 aliphatic heterocycles. The van der Waals surface area contributed by atoms with Crippen molar-refractivity contribution in [3.63, 3.8) is 0 Å². The highest BCUT2D eigenvalue weighted by atomic mass is 16.3. The van der Waals surface area contributed by atoms with Gasteiger partial charge in [0.2, 0.25) is 5.95 Å². The number of aromatic hydroxyl groups is 1. The van der Waals surface area contributed by atoms with E-state index in [2.05, 4.69) is 31.6 Å². The van der Waals surface area contributed by atoms with E-state index in [1.807, 2.05) is 42.9 Å². The van der Waals surface area contributed by atoms with Crippen molar-refractivity contribution in [2.24, 2.45) is 0 Å². The number of nitrogens with zero attached hydrogens (tertiary/aromatic N) is 7. The lowest BCUT2D eigenvalue weighted by molar-refractivity contribution is 0.270. The quantitative estimate of drug-likeness (QED) is 0.386. The number of phenolic OH excluding ortho intramolecular Hbond substituents is 1. The number of nitrogens with one attached hydrogen (secondary N) is 1. The minimum Gasteiger partial charge on any atom is -0.507 e. The highest BCUT2D eigenvalue weighted by molar-refractivity contribution is 5.84. The van der Waals surface area contributed by atoms with E-state index in [4.69, 9.17) is 15.0 Å². The van der Waals surface area contributed by atoms with Crippen molar-refractivity contribution in [2.75, 3.05) is 42.9 Å². The van der Waals surface area contributed by atoms with Crippen LogP contribution in [0.15, 0.2) is 48.9 Å². The SMILES string of the molecule is CCN1CCN(c2nc(NCc3ccc(-c4ccccc4O)nc3)c3ncn(C4CCCC4)c3n2)CC1. The van der Waals surface area contributed by atoms with Crippen molar-refractivity contribution in [1.29, 1.82) is 0 Å². The van der Waals surface area contributed by atoms with Crippen LogP contribution in [0.3, 0.4) is 0 Å². The first-order chi connectivity index (χ1) is 18.2. The number of benzene rings is 1. The molecule has 0 spiro atoms. The fourth-order valence-corrected chi connectivity index (χ4v) is 5.45. The van der Waals surface area contributed by atoms with E-state index >= 15 is 0 Å². The Morgan fingerprint density at radius 3 is 2.51 bits per heavy atom. The maximum absolute atomic E-state index is 10.1. The van der Waals surface area contributed by atoms with E-state index in [9.17, 15) is 5.11 Å². The van der Waals surface area contributed by atoms with Crippen molar-refractivity contribution in [2.45, 2.75) is 45.2 Å². The maximum atomic E-state index is 10.1. The predicted octanol–water partition coefficient (Wildman–Crippen LogP) is 4.46. The van der Waals surface area contributed by atoms with E-state index in [1.54, 1.807) is 6.07 Å². The second-order valence-electron chi connectivity index (χ2n) is 9.98. The number of hydrogen-bond donors (Lipinski definition) is 2. The molecular formula is C28H34N8O. The summed E-state index contributed by atoms with van der Waals surface area (Å²) in [4.78, 5) is 24.1. The molecule has 192 valence electrons. The fourth-order valence-electron chi connectivity index (χ4n) is 5.45. The zero-order valence-corrected chi connectivity index (χ0v) is 21.3. The van der Waals surface area contributed by atoms with Gasteiger partial charge in [-0.3, -0.25) is 4.98 Å². The van der Waals surface area contributed by atoms with E-state index in [-0.39, 0.29) is 5.75 Å². The molecule has 4 heterocycles. The van der Waals surface area contributed by atoms with Gasteiger partial charge in [0.25, 0.3) is 0 Å². The van der Waals surface area contributed by atoms with E-state index in [0.717, 1.165) is 72.5 Å². The minimum absolute atomic E-state index is 0.231. The Balaban J connectivity index is 1.27. The van der Waals surface area contributed by atoms with Gasteiger partial charge in [-0.15, -0.1) is 0 Å². The molecule has 2 N–H and O–H groups in total. The van der Waals surface area contributed by atoms with Crippen LogP contribution in [0.25, 0.3) is 22.4 Å². The highest BCUT2D eigenvalue weighted by Gasteiger charge is 2.24. The summed E-state index contributed by atoms with van der Waals surface area (Å²) >= 11 is 0. The van der Waals surface area contributed by atoms with Gasteiger partial charge in [-0.1, -0.05) is 38.0 Å². The van der Waals surface area contributed by atoms with Crippen LogP contribution >= 0.6 is 0 Å². The van der Waals surface area contributed by atoms with Gasteiger partial charge >= 0.3 is 0 Å². The average molecular weight is 499 g/mol. The Kier molecular flexibility index (Phi) is 6.61. The lowest BCUT2D eigenvalue weighted by atomic mass is 10.1. The molecule has 4 aromatic rings. The maximum Gasteiger partial charge on any atom is 0.229 e. The van der Waals surface area contributed by atoms with Gasteiger partial charge < -0.3 is 24.8 Å². The number of anilines is 2. The molecular weight excluding hydrogens is 464 g/mol. The van der Waals surface area contributed by atoms with E-state index in [1.165, 1.54) is 25.7 Å². The molecule has 9 nitrogen and oxygen atoms in total. The summed E-state index contributed by atoms with van der Waals surface area (Å²) in [6.45, 7) is 7.76. The summed E-state index contributed by atoms with van der Waals surface area (Å²) in [6.07, 6.45) is 8.67. The number of imidazole rings is 1. The monoisotopic (exact) mass is 498 g/mol. The zero-order chi connectivity index (χ0) is 25.2. The van der Waals surface area contributed by atoms with Crippen LogP contribution in [0.2, 0.25) is 0 Å². The second-order valence-corrected chi connectivity index (χ2v) is 9.98. The molecule has 1 saturated heterocycles. The summed E-state index contributed by atoms with van der Waals surface area (Å²) < 4.78 is 2.27. The number of phenols is 1. The first kappa shape index (κ1) is 23.7. The van der Waals surface area contributed by atoms with Crippen molar-refractivity contribution < 1.29 is 5.11 Å². The number of fused-ring (bicyclic) bond motifs is 1. The first-order valence-corrected chi connectivity index (χ1v) is 13.4. The average Bonchev–Trinajstić information content (AvgIpc) is 3.63. The van der Waals surface area contributed by atoms with Crippen LogP contribution in [0.4, 0.5) is 11.8 Å². The molecule has 1 aliphatic carbocycles.